The molecule has 0 aliphatic heterocycles. The van der Waals surface area contributed by atoms with Crippen molar-refractivity contribution in [2.24, 2.45) is 5.73 Å². The largest absolute Gasteiger partial charge is 0.389 e. The molecule has 0 saturated carbocycles. The average molecular weight is 260 g/mol. The fourth-order valence-electron chi connectivity index (χ4n) is 1.30. The Labute approximate surface area is 91.7 Å². The predicted octanol–water partition coefficient (Wildman–Crippen LogP) is 0.935. The van der Waals surface area contributed by atoms with Crippen molar-refractivity contribution in [2.45, 2.75) is 18.8 Å². The summed E-state index contributed by atoms with van der Waals surface area (Å²) in [4.78, 5) is 0. The molecule has 14 heavy (non-hydrogen) atoms. The van der Waals surface area contributed by atoms with Crippen LogP contribution in [0.4, 0.5) is 0 Å². The quantitative estimate of drug-likeness (QED) is 0.706. The Morgan fingerprint density at radius 3 is 2.50 bits per heavy atom. The van der Waals surface area contributed by atoms with Gasteiger partial charge in [-0.25, -0.2) is 0 Å². The molecule has 0 spiro atoms. The van der Waals surface area contributed by atoms with E-state index in [-0.39, 0.29) is 0 Å². The maximum Gasteiger partial charge on any atom is 0.106 e. The number of alkyl halides is 1. The Morgan fingerprint density at radius 1 is 1.29 bits per heavy atom. The lowest BCUT2D eigenvalue weighted by Crippen LogP contribution is -2.21. The zero-order valence-corrected chi connectivity index (χ0v) is 9.31. The maximum atomic E-state index is 9.77. The standard InChI is InChI=1S/C10H14BrNO2/c11-5-9(13)10(14)8-4-2-1-3-7(8)6-12/h1-4,9-10,13-14H,5-6,12H2. The number of hydrogen-bond donors (Lipinski definition) is 3. The fourth-order valence-corrected chi connectivity index (χ4v) is 1.65. The van der Waals surface area contributed by atoms with E-state index in [1.165, 1.54) is 0 Å². The molecule has 0 fully saturated rings. The van der Waals surface area contributed by atoms with E-state index in [1.54, 1.807) is 6.07 Å². The Morgan fingerprint density at radius 2 is 1.93 bits per heavy atom. The SMILES string of the molecule is NCc1ccccc1C(O)C(O)CBr. The summed E-state index contributed by atoms with van der Waals surface area (Å²) in [5.41, 5.74) is 7.08. The maximum absolute atomic E-state index is 9.77. The molecule has 0 bridgehead atoms. The first-order valence-corrected chi connectivity index (χ1v) is 5.52. The highest BCUT2D eigenvalue weighted by Crippen LogP contribution is 2.21. The first-order chi connectivity index (χ1) is 6.70. The third-order valence-electron chi connectivity index (χ3n) is 2.12. The van der Waals surface area contributed by atoms with Crippen LogP contribution in [0.25, 0.3) is 0 Å². The van der Waals surface area contributed by atoms with E-state index in [0.717, 1.165) is 5.56 Å². The van der Waals surface area contributed by atoms with Gasteiger partial charge >= 0.3 is 0 Å². The second-order valence-electron chi connectivity index (χ2n) is 3.07. The van der Waals surface area contributed by atoms with Gasteiger partial charge in [0.05, 0.1) is 6.10 Å². The van der Waals surface area contributed by atoms with E-state index in [2.05, 4.69) is 15.9 Å². The lowest BCUT2D eigenvalue weighted by molar-refractivity contribution is 0.0337. The minimum absolute atomic E-state index is 0.340. The zero-order valence-electron chi connectivity index (χ0n) is 7.73. The Hall–Kier alpha value is -0.420. The third kappa shape index (κ3) is 2.54. The van der Waals surface area contributed by atoms with Gasteiger partial charge in [0.1, 0.15) is 6.10 Å². The van der Waals surface area contributed by atoms with Crippen molar-refractivity contribution in [3.8, 4) is 0 Å². The topological polar surface area (TPSA) is 66.5 Å². The molecule has 78 valence electrons. The van der Waals surface area contributed by atoms with Gasteiger partial charge in [0.15, 0.2) is 0 Å². The van der Waals surface area contributed by atoms with Gasteiger partial charge < -0.3 is 15.9 Å². The normalized spacial score (nSPS) is 15.1. The molecule has 1 aromatic rings. The second-order valence-corrected chi connectivity index (χ2v) is 3.72. The molecule has 4 N–H and O–H groups in total. The number of aliphatic hydroxyl groups is 2. The van der Waals surface area contributed by atoms with Gasteiger partial charge in [-0.2, -0.15) is 0 Å². The van der Waals surface area contributed by atoms with Crippen molar-refractivity contribution < 1.29 is 10.2 Å². The number of rotatable bonds is 4. The van der Waals surface area contributed by atoms with Crippen LogP contribution in [0.15, 0.2) is 24.3 Å². The number of halogens is 1. The van der Waals surface area contributed by atoms with Gasteiger partial charge in [0.2, 0.25) is 0 Å². The average Bonchev–Trinajstić information content (AvgIpc) is 2.26. The molecule has 0 aliphatic rings. The van der Waals surface area contributed by atoms with Gasteiger partial charge in [-0.1, -0.05) is 40.2 Å². The number of benzene rings is 1. The number of hydrogen-bond acceptors (Lipinski definition) is 3. The molecule has 0 amide bonds. The smallest absolute Gasteiger partial charge is 0.106 e. The molecule has 2 atom stereocenters. The first-order valence-electron chi connectivity index (χ1n) is 4.40. The molecule has 0 aromatic heterocycles. The van der Waals surface area contributed by atoms with Crippen molar-refractivity contribution in [2.75, 3.05) is 5.33 Å². The van der Waals surface area contributed by atoms with E-state index in [4.69, 9.17) is 5.73 Å². The molecule has 3 nitrogen and oxygen atoms in total. The van der Waals surface area contributed by atoms with Crippen LogP contribution in [-0.2, 0) is 6.54 Å². The summed E-state index contributed by atoms with van der Waals surface area (Å²) in [7, 11) is 0. The minimum atomic E-state index is -0.880. The summed E-state index contributed by atoms with van der Waals surface area (Å²) in [6.45, 7) is 0.363. The van der Waals surface area contributed by atoms with Gasteiger partial charge in [-0.05, 0) is 11.1 Å². The van der Waals surface area contributed by atoms with Crippen molar-refractivity contribution in [3.05, 3.63) is 35.4 Å². The van der Waals surface area contributed by atoms with Crippen LogP contribution in [0.5, 0.6) is 0 Å². The van der Waals surface area contributed by atoms with E-state index < -0.39 is 12.2 Å². The summed E-state index contributed by atoms with van der Waals surface area (Å²) >= 11 is 3.12. The van der Waals surface area contributed by atoms with E-state index in [0.29, 0.717) is 17.4 Å². The summed E-state index contributed by atoms with van der Waals surface area (Å²) in [5.74, 6) is 0. The Bertz CT molecular complexity index is 293. The molecule has 0 heterocycles. The minimum Gasteiger partial charge on any atom is -0.389 e. The monoisotopic (exact) mass is 259 g/mol. The van der Waals surface area contributed by atoms with Crippen LogP contribution in [0.2, 0.25) is 0 Å². The fraction of sp³-hybridized carbons (Fsp3) is 0.400. The van der Waals surface area contributed by atoms with Gasteiger partial charge in [0, 0.05) is 11.9 Å². The van der Waals surface area contributed by atoms with Crippen LogP contribution in [0.3, 0.4) is 0 Å². The third-order valence-corrected chi connectivity index (χ3v) is 2.78. The van der Waals surface area contributed by atoms with E-state index >= 15 is 0 Å². The zero-order chi connectivity index (χ0) is 10.6. The molecule has 1 rings (SSSR count). The highest BCUT2D eigenvalue weighted by Gasteiger charge is 2.18. The van der Waals surface area contributed by atoms with Gasteiger partial charge in [-0.15, -0.1) is 0 Å². The molecule has 4 heteroatoms. The summed E-state index contributed by atoms with van der Waals surface area (Å²) in [6.07, 6.45) is -1.68. The van der Waals surface area contributed by atoms with E-state index in [9.17, 15) is 10.2 Å². The Balaban J connectivity index is 2.93. The van der Waals surface area contributed by atoms with Crippen LogP contribution in [-0.4, -0.2) is 21.6 Å². The van der Waals surface area contributed by atoms with Crippen molar-refractivity contribution in [3.63, 3.8) is 0 Å². The number of aliphatic hydroxyl groups excluding tert-OH is 2. The summed E-state index contributed by atoms with van der Waals surface area (Å²) in [6, 6.07) is 7.30. The van der Waals surface area contributed by atoms with Crippen LogP contribution in [0.1, 0.15) is 17.2 Å². The first kappa shape index (κ1) is 11.7. The molecule has 0 radical (unpaired) electrons. The lowest BCUT2D eigenvalue weighted by atomic mass is 9.99. The molecule has 2 unspecified atom stereocenters. The molecule has 0 saturated heterocycles. The number of nitrogens with two attached hydrogens (primary N) is 1. The molecule has 0 aliphatic carbocycles. The Kier molecular flexibility index (Phi) is 4.54. The van der Waals surface area contributed by atoms with Crippen LogP contribution >= 0.6 is 15.9 Å². The van der Waals surface area contributed by atoms with E-state index in [1.807, 2.05) is 18.2 Å². The highest BCUT2D eigenvalue weighted by atomic mass is 79.9. The molecular weight excluding hydrogens is 246 g/mol. The summed E-state index contributed by atoms with van der Waals surface area (Å²) < 4.78 is 0. The van der Waals surface area contributed by atoms with Crippen LogP contribution < -0.4 is 5.73 Å². The van der Waals surface area contributed by atoms with Crippen molar-refractivity contribution >= 4 is 15.9 Å². The molecular formula is C10H14BrNO2. The van der Waals surface area contributed by atoms with Gasteiger partial charge in [-0.3, -0.25) is 0 Å². The van der Waals surface area contributed by atoms with Crippen LogP contribution in [0, 0.1) is 0 Å². The predicted molar refractivity (Wildman–Crippen MR) is 59.1 cm³/mol. The van der Waals surface area contributed by atoms with Crippen molar-refractivity contribution in [1.29, 1.82) is 0 Å². The second kappa shape index (κ2) is 5.46. The summed E-state index contributed by atoms with van der Waals surface area (Å²) in [5, 5.41) is 19.6. The van der Waals surface area contributed by atoms with Crippen molar-refractivity contribution in [1.82, 2.24) is 0 Å². The molecule has 1 aromatic carbocycles. The highest BCUT2D eigenvalue weighted by molar-refractivity contribution is 9.09. The lowest BCUT2D eigenvalue weighted by Gasteiger charge is -2.18. The van der Waals surface area contributed by atoms with Gasteiger partial charge in [0.25, 0.3) is 0 Å².